The number of hydrogen-bond acceptors (Lipinski definition) is 4. The maximum absolute atomic E-state index is 13.0. The molecule has 0 radical (unpaired) electrons. The lowest BCUT2D eigenvalue weighted by atomic mass is 9.75. The molecule has 0 N–H and O–H groups in total. The third-order valence-corrected chi connectivity index (χ3v) is 5.52. The molecule has 1 fully saturated rings. The first-order valence-electron chi connectivity index (χ1n) is 10.0. The summed E-state index contributed by atoms with van der Waals surface area (Å²) in [6.45, 7) is 9.93. The SMILES string of the molecule is CCOC(=O)[C@@]1(Cc2ccccc2)CCCN(Cc2cn(CC)nc2C)C1. The van der Waals surface area contributed by atoms with E-state index in [1.807, 2.05) is 29.8 Å². The number of rotatable bonds is 7. The lowest BCUT2D eigenvalue weighted by Gasteiger charge is -2.41. The first kappa shape index (κ1) is 19.6. The highest BCUT2D eigenvalue weighted by Gasteiger charge is 2.43. The molecule has 1 saturated heterocycles. The summed E-state index contributed by atoms with van der Waals surface area (Å²) in [6.07, 6.45) is 4.75. The average Bonchev–Trinajstić information content (AvgIpc) is 3.03. The van der Waals surface area contributed by atoms with Crippen molar-refractivity contribution in [3.63, 3.8) is 0 Å². The molecule has 3 rings (SSSR count). The smallest absolute Gasteiger partial charge is 0.313 e. The summed E-state index contributed by atoms with van der Waals surface area (Å²) in [5.41, 5.74) is 3.05. The molecular weight excluding hydrogens is 338 g/mol. The molecule has 5 nitrogen and oxygen atoms in total. The molecule has 27 heavy (non-hydrogen) atoms. The van der Waals surface area contributed by atoms with Crippen molar-refractivity contribution in [2.45, 2.75) is 53.1 Å². The van der Waals surface area contributed by atoms with E-state index in [-0.39, 0.29) is 5.97 Å². The van der Waals surface area contributed by atoms with Crippen molar-refractivity contribution in [1.29, 1.82) is 0 Å². The van der Waals surface area contributed by atoms with Gasteiger partial charge in [0.05, 0.1) is 17.7 Å². The summed E-state index contributed by atoms with van der Waals surface area (Å²) in [7, 11) is 0. The van der Waals surface area contributed by atoms with Crippen molar-refractivity contribution < 1.29 is 9.53 Å². The van der Waals surface area contributed by atoms with Gasteiger partial charge < -0.3 is 4.74 Å². The number of nitrogens with zero attached hydrogens (tertiary/aromatic N) is 3. The Hall–Kier alpha value is -2.14. The van der Waals surface area contributed by atoms with Gasteiger partial charge in [-0.25, -0.2) is 0 Å². The highest BCUT2D eigenvalue weighted by Crippen LogP contribution is 2.36. The van der Waals surface area contributed by atoms with E-state index in [2.05, 4.69) is 42.2 Å². The molecule has 0 unspecified atom stereocenters. The van der Waals surface area contributed by atoms with Crippen LogP contribution in [0.1, 0.15) is 43.5 Å². The molecular formula is C22H31N3O2. The molecule has 1 aliphatic rings. The first-order valence-corrected chi connectivity index (χ1v) is 10.0. The largest absolute Gasteiger partial charge is 0.466 e. The van der Waals surface area contributed by atoms with Crippen molar-refractivity contribution in [3.8, 4) is 0 Å². The summed E-state index contributed by atoms with van der Waals surface area (Å²) < 4.78 is 7.50. The number of aromatic nitrogens is 2. The molecule has 1 aromatic heterocycles. The van der Waals surface area contributed by atoms with Crippen LogP contribution in [0.25, 0.3) is 0 Å². The molecule has 0 amide bonds. The van der Waals surface area contributed by atoms with E-state index in [4.69, 9.17) is 4.74 Å². The van der Waals surface area contributed by atoms with E-state index in [1.165, 1.54) is 11.1 Å². The zero-order valence-electron chi connectivity index (χ0n) is 16.8. The summed E-state index contributed by atoms with van der Waals surface area (Å²) in [5.74, 6) is -0.0560. The number of carbonyl (C=O) groups is 1. The number of benzene rings is 1. The molecule has 1 aliphatic heterocycles. The van der Waals surface area contributed by atoms with Crippen LogP contribution in [0, 0.1) is 12.3 Å². The van der Waals surface area contributed by atoms with Gasteiger partial charge in [-0.3, -0.25) is 14.4 Å². The first-order chi connectivity index (χ1) is 13.1. The van der Waals surface area contributed by atoms with Gasteiger partial charge >= 0.3 is 5.97 Å². The number of esters is 1. The van der Waals surface area contributed by atoms with Gasteiger partial charge in [-0.15, -0.1) is 0 Å². The van der Waals surface area contributed by atoms with Gasteiger partial charge in [0.2, 0.25) is 0 Å². The van der Waals surface area contributed by atoms with Gasteiger partial charge in [-0.2, -0.15) is 5.10 Å². The Morgan fingerprint density at radius 3 is 2.70 bits per heavy atom. The zero-order valence-corrected chi connectivity index (χ0v) is 16.8. The minimum Gasteiger partial charge on any atom is -0.466 e. The highest BCUT2D eigenvalue weighted by atomic mass is 16.5. The van der Waals surface area contributed by atoms with E-state index < -0.39 is 5.41 Å². The van der Waals surface area contributed by atoms with Crippen molar-refractivity contribution >= 4 is 5.97 Å². The van der Waals surface area contributed by atoms with Crippen molar-refractivity contribution in [1.82, 2.24) is 14.7 Å². The van der Waals surface area contributed by atoms with E-state index in [9.17, 15) is 4.79 Å². The van der Waals surface area contributed by atoms with Crippen LogP contribution in [0.2, 0.25) is 0 Å². The molecule has 0 saturated carbocycles. The second kappa shape index (κ2) is 8.70. The van der Waals surface area contributed by atoms with Crippen LogP contribution in [-0.2, 0) is 29.0 Å². The molecule has 1 aromatic carbocycles. The summed E-state index contributed by atoms with van der Waals surface area (Å²) in [5, 5.41) is 4.56. The van der Waals surface area contributed by atoms with E-state index in [0.717, 1.165) is 51.1 Å². The normalized spacial score (nSPS) is 20.6. The Bertz CT molecular complexity index is 756. The third-order valence-electron chi connectivity index (χ3n) is 5.52. The zero-order chi connectivity index (χ0) is 19.3. The molecule has 0 bridgehead atoms. The number of ether oxygens (including phenoxy) is 1. The summed E-state index contributed by atoms with van der Waals surface area (Å²) in [6, 6.07) is 10.3. The van der Waals surface area contributed by atoms with Crippen LogP contribution < -0.4 is 0 Å². The fraction of sp³-hybridized carbons (Fsp3) is 0.545. The van der Waals surface area contributed by atoms with Crippen LogP contribution in [0.3, 0.4) is 0 Å². The number of carbonyl (C=O) groups excluding carboxylic acids is 1. The van der Waals surface area contributed by atoms with E-state index >= 15 is 0 Å². The fourth-order valence-electron chi connectivity index (χ4n) is 4.13. The Morgan fingerprint density at radius 1 is 1.26 bits per heavy atom. The number of aryl methyl sites for hydroxylation is 2. The molecule has 1 atom stereocenters. The summed E-state index contributed by atoms with van der Waals surface area (Å²) in [4.78, 5) is 15.4. The van der Waals surface area contributed by atoms with Crippen LogP contribution in [0.5, 0.6) is 0 Å². The van der Waals surface area contributed by atoms with Crippen LogP contribution in [-0.4, -0.2) is 40.3 Å². The van der Waals surface area contributed by atoms with E-state index in [1.54, 1.807) is 0 Å². The lowest BCUT2D eigenvalue weighted by Crippen LogP contribution is -2.49. The molecule has 0 spiro atoms. The monoisotopic (exact) mass is 369 g/mol. The third kappa shape index (κ3) is 4.59. The predicted molar refractivity (Wildman–Crippen MR) is 106 cm³/mol. The Morgan fingerprint density at radius 2 is 2.04 bits per heavy atom. The van der Waals surface area contributed by atoms with Crippen LogP contribution in [0.15, 0.2) is 36.5 Å². The quantitative estimate of drug-likeness (QED) is 0.700. The van der Waals surface area contributed by atoms with Crippen LogP contribution >= 0.6 is 0 Å². The van der Waals surface area contributed by atoms with Gasteiger partial charge in [-0.1, -0.05) is 30.3 Å². The maximum Gasteiger partial charge on any atom is 0.313 e. The molecule has 2 aromatic rings. The molecule has 2 heterocycles. The fourth-order valence-corrected chi connectivity index (χ4v) is 4.13. The molecule has 146 valence electrons. The second-order valence-electron chi connectivity index (χ2n) is 7.57. The van der Waals surface area contributed by atoms with Gasteiger partial charge in [0.15, 0.2) is 0 Å². The number of hydrogen-bond donors (Lipinski definition) is 0. The Balaban J connectivity index is 1.80. The second-order valence-corrected chi connectivity index (χ2v) is 7.57. The number of likely N-dealkylation sites (tertiary alicyclic amines) is 1. The van der Waals surface area contributed by atoms with Crippen LogP contribution in [0.4, 0.5) is 0 Å². The predicted octanol–water partition coefficient (Wildman–Crippen LogP) is 3.60. The Labute approximate surface area is 162 Å². The van der Waals surface area contributed by atoms with Gasteiger partial charge in [0.1, 0.15) is 0 Å². The Kier molecular flexibility index (Phi) is 6.32. The van der Waals surface area contributed by atoms with Crippen molar-refractivity contribution in [2.24, 2.45) is 5.41 Å². The average molecular weight is 370 g/mol. The highest BCUT2D eigenvalue weighted by molar-refractivity contribution is 5.77. The van der Waals surface area contributed by atoms with Gasteiger partial charge in [0.25, 0.3) is 0 Å². The lowest BCUT2D eigenvalue weighted by molar-refractivity contribution is -0.159. The standard InChI is InChI=1S/C22H31N3O2/c1-4-25-16-20(18(3)23-25)15-24-13-9-12-22(17-24,21(26)27-5-2)14-19-10-7-6-8-11-19/h6-8,10-11,16H,4-5,9,12-15,17H2,1-3H3/t22-/m1/s1. The van der Waals surface area contributed by atoms with Gasteiger partial charge in [-0.05, 0) is 52.1 Å². The minimum atomic E-state index is -0.468. The summed E-state index contributed by atoms with van der Waals surface area (Å²) >= 11 is 0. The molecule has 0 aliphatic carbocycles. The minimum absolute atomic E-state index is 0.0560. The molecule has 5 heteroatoms. The maximum atomic E-state index is 13.0. The van der Waals surface area contributed by atoms with Crippen molar-refractivity contribution in [2.75, 3.05) is 19.7 Å². The van der Waals surface area contributed by atoms with E-state index in [0.29, 0.717) is 6.61 Å². The van der Waals surface area contributed by atoms with Gasteiger partial charge in [0, 0.05) is 31.4 Å². The van der Waals surface area contributed by atoms with Crippen molar-refractivity contribution in [3.05, 3.63) is 53.3 Å². The topological polar surface area (TPSA) is 47.4 Å². The number of piperidine rings is 1.